The lowest BCUT2D eigenvalue weighted by Crippen LogP contribution is -2.47. The molecule has 0 atom stereocenters. The van der Waals surface area contributed by atoms with E-state index in [1.54, 1.807) is 6.07 Å². The van der Waals surface area contributed by atoms with Crippen LogP contribution in [0.1, 0.15) is 16.1 Å². The molecule has 2 heterocycles. The SMILES string of the molecule is CS(=O)(=O)N1CCN(Cc2ccoc2C(=O)NN)CC1. The highest BCUT2D eigenvalue weighted by molar-refractivity contribution is 7.88. The molecule has 0 radical (unpaired) electrons. The molecule has 1 aromatic heterocycles. The lowest BCUT2D eigenvalue weighted by Gasteiger charge is -2.33. The lowest BCUT2D eigenvalue weighted by molar-refractivity contribution is 0.0922. The Kier molecular flexibility index (Phi) is 4.43. The van der Waals surface area contributed by atoms with Gasteiger partial charge in [-0.3, -0.25) is 15.1 Å². The van der Waals surface area contributed by atoms with Gasteiger partial charge in [0.05, 0.1) is 12.5 Å². The number of nitrogens with one attached hydrogen (secondary N) is 1. The van der Waals surface area contributed by atoms with Crippen molar-refractivity contribution in [2.75, 3.05) is 32.4 Å². The second-order valence-corrected chi connectivity index (χ2v) is 6.67. The summed E-state index contributed by atoms with van der Waals surface area (Å²) in [6.45, 7) is 2.66. The van der Waals surface area contributed by atoms with Gasteiger partial charge >= 0.3 is 5.91 Å². The van der Waals surface area contributed by atoms with Crippen LogP contribution >= 0.6 is 0 Å². The minimum absolute atomic E-state index is 0.193. The van der Waals surface area contributed by atoms with Gasteiger partial charge in [-0.15, -0.1) is 0 Å². The zero-order valence-corrected chi connectivity index (χ0v) is 12.0. The van der Waals surface area contributed by atoms with E-state index in [0.29, 0.717) is 32.7 Å². The highest BCUT2D eigenvalue weighted by Gasteiger charge is 2.24. The molecule has 1 aliphatic rings. The molecule has 9 heteroatoms. The molecule has 1 amide bonds. The van der Waals surface area contributed by atoms with Crippen molar-refractivity contribution in [3.63, 3.8) is 0 Å². The highest BCUT2D eigenvalue weighted by atomic mass is 32.2. The van der Waals surface area contributed by atoms with Crippen molar-refractivity contribution >= 4 is 15.9 Å². The molecule has 0 aromatic carbocycles. The summed E-state index contributed by atoms with van der Waals surface area (Å²) in [7, 11) is -3.13. The smallest absolute Gasteiger partial charge is 0.301 e. The molecule has 1 fully saturated rings. The van der Waals surface area contributed by atoms with E-state index in [1.807, 2.05) is 5.43 Å². The van der Waals surface area contributed by atoms with Gasteiger partial charge in [-0.05, 0) is 6.07 Å². The van der Waals surface area contributed by atoms with Crippen LogP contribution in [-0.2, 0) is 16.6 Å². The number of hydrogen-bond acceptors (Lipinski definition) is 6. The van der Waals surface area contributed by atoms with Crippen molar-refractivity contribution in [2.45, 2.75) is 6.54 Å². The Morgan fingerprint density at radius 2 is 2.05 bits per heavy atom. The van der Waals surface area contributed by atoms with Crippen LogP contribution in [0.5, 0.6) is 0 Å². The quantitative estimate of drug-likeness (QED) is 0.418. The summed E-state index contributed by atoms with van der Waals surface area (Å²) < 4.78 is 29.4. The average Bonchev–Trinajstić information content (AvgIpc) is 2.85. The lowest BCUT2D eigenvalue weighted by atomic mass is 10.2. The van der Waals surface area contributed by atoms with E-state index in [9.17, 15) is 13.2 Å². The summed E-state index contributed by atoms with van der Waals surface area (Å²) in [5.74, 6) is 4.81. The number of piperazine rings is 1. The van der Waals surface area contributed by atoms with Crippen molar-refractivity contribution in [1.82, 2.24) is 14.6 Å². The maximum Gasteiger partial charge on any atom is 0.301 e. The molecule has 20 heavy (non-hydrogen) atoms. The Bertz CT molecular complexity index is 575. The van der Waals surface area contributed by atoms with Crippen LogP contribution in [0.4, 0.5) is 0 Å². The molecule has 0 aliphatic carbocycles. The van der Waals surface area contributed by atoms with Gasteiger partial charge < -0.3 is 4.42 Å². The molecule has 1 aliphatic heterocycles. The maximum absolute atomic E-state index is 11.5. The molecule has 3 N–H and O–H groups in total. The molecule has 2 rings (SSSR count). The Hall–Kier alpha value is -1.42. The van der Waals surface area contributed by atoms with Crippen molar-refractivity contribution < 1.29 is 17.6 Å². The number of nitrogens with two attached hydrogens (primary N) is 1. The van der Waals surface area contributed by atoms with Crippen LogP contribution in [0.15, 0.2) is 16.7 Å². The average molecular weight is 302 g/mol. The molecule has 0 bridgehead atoms. The largest absolute Gasteiger partial charge is 0.459 e. The van der Waals surface area contributed by atoms with Gasteiger partial charge in [0.25, 0.3) is 0 Å². The van der Waals surface area contributed by atoms with E-state index in [4.69, 9.17) is 10.3 Å². The van der Waals surface area contributed by atoms with Crippen LogP contribution in [-0.4, -0.2) is 56.0 Å². The van der Waals surface area contributed by atoms with Crippen LogP contribution in [0, 0.1) is 0 Å². The van der Waals surface area contributed by atoms with Crippen molar-refractivity contribution in [3.05, 3.63) is 23.7 Å². The number of sulfonamides is 1. The predicted molar refractivity (Wildman–Crippen MR) is 72.1 cm³/mol. The van der Waals surface area contributed by atoms with Crippen molar-refractivity contribution in [1.29, 1.82) is 0 Å². The number of furan rings is 1. The zero-order valence-electron chi connectivity index (χ0n) is 11.2. The molecule has 1 aromatic rings. The highest BCUT2D eigenvalue weighted by Crippen LogP contribution is 2.15. The van der Waals surface area contributed by atoms with Gasteiger partial charge in [-0.1, -0.05) is 0 Å². The van der Waals surface area contributed by atoms with Gasteiger partial charge in [0, 0.05) is 38.3 Å². The minimum atomic E-state index is -3.13. The summed E-state index contributed by atoms with van der Waals surface area (Å²) in [5.41, 5.74) is 2.77. The number of hydrazine groups is 1. The number of nitrogen functional groups attached to an aromatic ring is 1. The number of hydrogen-bond donors (Lipinski definition) is 2. The molecule has 0 spiro atoms. The monoisotopic (exact) mass is 302 g/mol. The maximum atomic E-state index is 11.5. The van der Waals surface area contributed by atoms with Crippen LogP contribution in [0.3, 0.4) is 0 Å². The summed E-state index contributed by atoms with van der Waals surface area (Å²) in [4.78, 5) is 13.6. The summed E-state index contributed by atoms with van der Waals surface area (Å²) in [5, 5.41) is 0. The van der Waals surface area contributed by atoms with E-state index < -0.39 is 15.9 Å². The van der Waals surface area contributed by atoms with E-state index in [0.717, 1.165) is 5.56 Å². The molecule has 0 saturated carbocycles. The molecule has 0 unspecified atom stereocenters. The second-order valence-electron chi connectivity index (χ2n) is 4.69. The third-order valence-corrected chi connectivity index (χ3v) is 4.58. The van der Waals surface area contributed by atoms with E-state index in [1.165, 1.54) is 16.8 Å². The predicted octanol–water partition coefficient (Wildman–Crippen LogP) is -1.04. The molecule has 1 saturated heterocycles. The topological polar surface area (TPSA) is 109 Å². The Labute approximate surface area is 117 Å². The first-order valence-corrected chi connectivity index (χ1v) is 8.01. The number of carbonyl (C=O) groups is 1. The second kappa shape index (κ2) is 5.92. The Balaban J connectivity index is 1.97. The van der Waals surface area contributed by atoms with Gasteiger partial charge in [0.2, 0.25) is 10.0 Å². The number of nitrogens with zero attached hydrogens (tertiary/aromatic N) is 2. The molecule has 8 nitrogen and oxygen atoms in total. The first-order chi connectivity index (χ1) is 9.41. The first kappa shape index (κ1) is 15.0. The number of carbonyl (C=O) groups excluding carboxylic acids is 1. The minimum Gasteiger partial charge on any atom is -0.459 e. The third-order valence-electron chi connectivity index (χ3n) is 3.28. The number of rotatable bonds is 4. The van der Waals surface area contributed by atoms with E-state index >= 15 is 0 Å². The van der Waals surface area contributed by atoms with Gasteiger partial charge in [0.15, 0.2) is 5.76 Å². The molecule has 112 valence electrons. The number of amides is 1. The third kappa shape index (κ3) is 3.37. The normalized spacial score (nSPS) is 18.1. The summed E-state index contributed by atoms with van der Waals surface area (Å²) in [6, 6.07) is 1.72. The van der Waals surface area contributed by atoms with Crippen LogP contribution in [0.2, 0.25) is 0 Å². The van der Waals surface area contributed by atoms with Crippen molar-refractivity contribution in [3.8, 4) is 0 Å². The fourth-order valence-corrected chi connectivity index (χ4v) is 3.01. The van der Waals surface area contributed by atoms with Crippen LogP contribution in [0.25, 0.3) is 0 Å². The Morgan fingerprint density at radius 3 is 2.60 bits per heavy atom. The zero-order chi connectivity index (χ0) is 14.8. The van der Waals surface area contributed by atoms with Crippen LogP contribution < -0.4 is 11.3 Å². The fourth-order valence-electron chi connectivity index (χ4n) is 2.19. The van der Waals surface area contributed by atoms with E-state index in [-0.39, 0.29) is 5.76 Å². The molecular formula is C11H18N4O4S. The fraction of sp³-hybridized carbons (Fsp3) is 0.545. The molecular weight excluding hydrogens is 284 g/mol. The van der Waals surface area contributed by atoms with Gasteiger partial charge in [0.1, 0.15) is 0 Å². The Morgan fingerprint density at radius 1 is 1.40 bits per heavy atom. The van der Waals surface area contributed by atoms with Gasteiger partial charge in [-0.25, -0.2) is 14.3 Å². The summed E-state index contributed by atoms with van der Waals surface area (Å²) >= 11 is 0. The van der Waals surface area contributed by atoms with E-state index in [2.05, 4.69) is 4.90 Å². The van der Waals surface area contributed by atoms with Crippen molar-refractivity contribution in [2.24, 2.45) is 5.84 Å². The van der Waals surface area contributed by atoms with Gasteiger partial charge in [-0.2, -0.15) is 4.31 Å². The first-order valence-electron chi connectivity index (χ1n) is 6.16. The standard InChI is InChI=1S/C11H18N4O4S/c1-20(17,18)15-5-3-14(4-6-15)8-9-2-7-19-10(9)11(16)13-12/h2,7H,3-6,8,12H2,1H3,(H,13,16). The summed E-state index contributed by atoms with van der Waals surface area (Å²) in [6.07, 6.45) is 2.65.